The maximum atomic E-state index is 12.5. The lowest BCUT2D eigenvalue weighted by molar-refractivity contribution is -0.125. The van der Waals surface area contributed by atoms with E-state index in [0.717, 1.165) is 0 Å². The first-order valence-electron chi connectivity index (χ1n) is 9.29. The zero-order valence-corrected chi connectivity index (χ0v) is 16.1. The van der Waals surface area contributed by atoms with Gasteiger partial charge in [0.05, 0.1) is 6.61 Å². The zero-order valence-electron chi connectivity index (χ0n) is 16.1. The van der Waals surface area contributed by atoms with Crippen molar-refractivity contribution in [2.24, 2.45) is 5.92 Å². The van der Waals surface area contributed by atoms with Crippen molar-refractivity contribution in [1.29, 1.82) is 0 Å². The van der Waals surface area contributed by atoms with Crippen LogP contribution in [0.2, 0.25) is 0 Å². The molecule has 0 N–H and O–H groups in total. The number of alkyl halides is 2. The van der Waals surface area contributed by atoms with Crippen LogP contribution < -0.4 is 4.74 Å². The molecule has 2 amide bonds. The summed E-state index contributed by atoms with van der Waals surface area (Å²) in [4.78, 5) is 27.8. The number of carbonyl (C=O) groups excluding carboxylic acids is 2. The quantitative estimate of drug-likeness (QED) is 0.689. The molecule has 154 valence electrons. The molecule has 1 aliphatic rings. The van der Waals surface area contributed by atoms with Crippen molar-refractivity contribution < 1.29 is 27.8 Å². The first-order chi connectivity index (χ1) is 13.4. The van der Waals surface area contributed by atoms with Gasteiger partial charge in [-0.05, 0) is 24.5 Å². The largest absolute Gasteiger partial charge is 0.449 e. The first-order valence-corrected chi connectivity index (χ1v) is 9.29. The molecule has 1 aliphatic heterocycles. The van der Waals surface area contributed by atoms with Gasteiger partial charge in [0, 0.05) is 37.8 Å². The van der Waals surface area contributed by atoms with Crippen molar-refractivity contribution in [3.63, 3.8) is 0 Å². The highest BCUT2D eigenvalue weighted by Crippen LogP contribution is 2.21. The Kier molecular flexibility index (Phi) is 8.22. The summed E-state index contributed by atoms with van der Waals surface area (Å²) in [5, 5.41) is 0. The highest BCUT2D eigenvalue weighted by molar-refractivity contribution is 5.92. The molecule has 28 heavy (non-hydrogen) atoms. The Hall–Kier alpha value is -2.64. The number of benzene rings is 1. The summed E-state index contributed by atoms with van der Waals surface area (Å²) in [6, 6.07) is 6.27. The average Bonchev–Trinajstić information content (AvgIpc) is 2.91. The van der Waals surface area contributed by atoms with E-state index in [-0.39, 0.29) is 23.7 Å². The van der Waals surface area contributed by atoms with Crippen LogP contribution in [0.15, 0.2) is 30.3 Å². The molecule has 0 aliphatic carbocycles. The maximum Gasteiger partial charge on any atom is 0.409 e. The molecule has 0 saturated carbocycles. The van der Waals surface area contributed by atoms with Crippen molar-refractivity contribution in [1.82, 2.24) is 9.80 Å². The number of para-hydroxylation sites is 1. The van der Waals surface area contributed by atoms with Crippen LogP contribution in [0.4, 0.5) is 13.6 Å². The number of halogens is 2. The van der Waals surface area contributed by atoms with Gasteiger partial charge in [0.2, 0.25) is 5.91 Å². The molecular formula is C20H26F2N2O4. The van der Waals surface area contributed by atoms with Gasteiger partial charge in [-0.25, -0.2) is 4.79 Å². The molecule has 2 rings (SSSR count). The summed E-state index contributed by atoms with van der Waals surface area (Å²) in [5.74, 6) is 0.0248. The Balaban J connectivity index is 1.93. The van der Waals surface area contributed by atoms with Crippen LogP contribution in [-0.2, 0) is 9.53 Å². The number of hydrogen-bond acceptors (Lipinski definition) is 4. The third-order valence-electron chi connectivity index (χ3n) is 4.15. The van der Waals surface area contributed by atoms with Crippen molar-refractivity contribution in [2.45, 2.75) is 26.9 Å². The maximum absolute atomic E-state index is 12.5. The topological polar surface area (TPSA) is 59.1 Å². The van der Waals surface area contributed by atoms with Crippen LogP contribution in [0.3, 0.4) is 0 Å². The predicted octanol–water partition coefficient (Wildman–Crippen LogP) is 3.63. The van der Waals surface area contributed by atoms with Crippen LogP contribution in [0.25, 0.3) is 6.08 Å². The smallest absolute Gasteiger partial charge is 0.409 e. The number of hydrogen-bond donors (Lipinski definition) is 0. The minimum atomic E-state index is -2.93. The normalized spacial score (nSPS) is 15.2. The summed E-state index contributed by atoms with van der Waals surface area (Å²) in [6.45, 7) is 3.16. The number of amides is 2. The molecule has 0 bridgehead atoms. The van der Waals surface area contributed by atoms with Gasteiger partial charge in [-0.15, -0.1) is 0 Å². The number of carbonyl (C=O) groups is 2. The number of rotatable bonds is 6. The van der Waals surface area contributed by atoms with E-state index in [2.05, 4.69) is 4.74 Å². The second-order valence-electron chi connectivity index (χ2n) is 6.89. The van der Waals surface area contributed by atoms with Gasteiger partial charge in [-0.1, -0.05) is 32.0 Å². The van der Waals surface area contributed by atoms with Crippen LogP contribution in [0.5, 0.6) is 5.75 Å². The second-order valence-corrected chi connectivity index (χ2v) is 6.89. The molecule has 1 fully saturated rings. The first kappa shape index (κ1) is 21.7. The molecule has 1 saturated heterocycles. The molecule has 8 heteroatoms. The van der Waals surface area contributed by atoms with Crippen molar-refractivity contribution >= 4 is 18.1 Å². The molecular weight excluding hydrogens is 370 g/mol. The van der Waals surface area contributed by atoms with E-state index >= 15 is 0 Å². The van der Waals surface area contributed by atoms with E-state index in [0.29, 0.717) is 44.8 Å². The summed E-state index contributed by atoms with van der Waals surface area (Å²) in [6.07, 6.45) is 3.07. The molecule has 1 aromatic rings. The minimum absolute atomic E-state index is 0.0106. The average molecular weight is 396 g/mol. The zero-order chi connectivity index (χ0) is 20.5. The molecule has 6 nitrogen and oxygen atoms in total. The van der Waals surface area contributed by atoms with Gasteiger partial charge < -0.3 is 19.3 Å². The summed E-state index contributed by atoms with van der Waals surface area (Å²) >= 11 is 0. The molecule has 0 radical (unpaired) electrons. The van der Waals surface area contributed by atoms with E-state index in [4.69, 9.17) is 4.74 Å². The second kappa shape index (κ2) is 10.6. The fourth-order valence-corrected chi connectivity index (χ4v) is 2.74. The Morgan fingerprint density at radius 2 is 1.79 bits per heavy atom. The summed E-state index contributed by atoms with van der Waals surface area (Å²) in [5.41, 5.74) is 0.393. The Bertz CT molecular complexity index is 695. The van der Waals surface area contributed by atoms with Gasteiger partial charge in [0.15, 0.2) is 0 Å². The highest BCUT2D eigenvalue weighted by atomic mass is 19.3. The predicted molar refractivity (Wildman–Crippen MR) is 101 cm³/mol. The van der Waals surface area contributed by atoms with E-state index < -0.39 is 6.61 Å². The van der Waals surface area contributed by atoms with E-state index in [1.54, 1.807) is 28.0 Å². The Morgan fingerprint density at radius 1 is 1.11 bits per heavy atom. The standard InChI is InChI=1S/C20H26F2N2O4/c1-15(2)14-27-20(26)24-11-5-10-23(12-13-24)18(25)9-8-16-6-3-4-7-17(16)28-19(21)22/h3-4,6-9,15,19H,5,10-14H2,1-2H3. The Morgan fingerprint density at radius 3 is 2.50 bits per heavy atom. The van der Waals surface area contributed by atoms with E-state index in [1.807, 2.05) is 13.8 Å². The van der Waals surface area contributed by atoms with Gasteiger partial charge in [-0.2, -0.15) is 8.78 Å². The molecule has 0 atom stereocenters. The van der Waals surface area contributed by atoms with Crippen LogP contribution in [0, 0.1) is 5.92 Å². The number of nitrogens with zero attached hydrogens (tertiary/aromatic N) is 2. The molecule has 1 aromatic carbocycles. The molecule has 0 aromatic heterocycles. The third kappa shape index (κ3) is 6.83. The van der Waals surface area contributed by atoms with Crippen LogP contribution in [-0.4, -0.2) is 61.2 Å². The molecule has 1 heterocycles. The van der Waals surface area contributed by atoms with Crippen LogP contribution >= 0.6 is 0 Å². The molecule has 0 unspecified atom stereocenters. The lowest BCUT2D eigenvalue weighted by Gasteiger charge is -2.21. The highest BCUT2D eigenvalue weighted by Gasteiger charge is 2.22. The van der Waals surface area contributed by atoms with Crippen LogP contribution in [0.1, 0.15) is 25.8 Å². The van der Waals surface area contributed by atoms with Crippen molar-refractivity contribution in [2.75, 3.05) is 32.8 Å². The van der Waals surface area contributed by atoms with Crippen molar-refractivity contribution in [3.8, 4) is 5.75 Å². The summed E-state index contributed by atoms with van der Waals surface area (Å²) in [7, 11) is 0. The lowest BCUT2D eigenvalue weighted by atomic mass is 10.2. The fraction of sp³-hybridized carbons (Fsp3) is 0.500. The van der Waals surface area contributed by atoms with Gasteiger partial charge >= 0.3 is 12.7 Å². The Labute approximate surface area is 163 Å². The minimum Gasteiger partial charge on any atom is -0.449 e. The van der Waals surface area contributed by atoms with Crippen molar-refractivity contribution in [3.05, 3.63) is 35.9 Å². The van der Waals surface area contributed by atoms with Gasteiger partial charge in [0.1, 0.15) is 5.75 Å². The molecule has 0 spiro atoms. The van der Waals surface area contributed by atoms with Gasteiger partial charge in [-0.3, -0.25) is 4.79 Å². The third-order valence-corrected chi connectivity index (χ3v) is 4.15. The fourth-order valence-electron chi connectivity index (χ4n) is 2.74. The monoisotopic (exact) mass is 396 g/mol. The van der Waals surface area contributed by atoms with E-state index in [9.17, 15) is 18.4 Å². The lowest BCUT2D eigenvalue weighted by Crippen LogP contribution is -2.37. The van der Waals surface area contributed by atoms with E-state index in [1.165, 1.54) is 18.2 Å². The SMILES string of the molecule is CC(C)COC(=O)N1CCCN(C(=O)C=Cc2ccccc2OC(F)F)CC1. The van der Waals surface area contributed by atoms with Gasteiger partial charge in [0.25, 0.3) is 0 Å². The number of ether oxygens (including phenoxy) is 2. The summed E-state index contributed by atoms with van der Waals surface area (Å²) < 4.78 is 34.6.